The smallest absolute Gasteiger partial charge is 0.235 e. The van der Waals surface area contributed by atoms with Crippen molar-refractivity contribution in [1.29, 1.82) is 0 Å². The average Bonchev–Trinajstić information content (AvgIpc) is 1.72. The molecule has 0 aliphatic carbocycles. The number of nitrogens with zero attached hydrogens (tertiary/aromatic N) is 12. The standard InChI is InChI=1S/C44H31N3Si.2C32H21N3.C26H17N3/c1-4-18-33(19-5-1)48(34-20-6-2-7-21-34,35-22-8-3-9-23-35)36-24-16-17-32(31-36)43-39-27-10-13-28-40(39)45-44(46-43)47-41-29-14-11-25-37(41)38-26-12-15-30-42(38)47;1-2-11-22(12-3-1)23-13-10-14-24(21-23)31-27-17-4-7-18-28(27)33-32(34-31)35-29-19-8-5-15-25(29)26-16-6-9-20-30(26)35;1-2-10-22(11-3-1)23-18-20-24(21-19-23)31-27-14-4-7-15-28(27)33-32(34-31)35-29-16-8-5-12-25(29)26-13-6-9-17-30(26)35;1-2-10-18(11-3-1)25-21-14-4-7-15-22(21)27-26(28-25)29-23-16-8-5-12-19(23)20-13-6-9-17-24(20)29/h1-31H;2*1-21H;1-17H. The molecule has 8 aromatic heterocycles. The zero-order valence-electron chi connectivity index (χ0n) is 79.8. The molecule has 0 saturated carbocycles. The molecular weight excluding hydrogens is 1810 g/mol. The molecule has 0 N–H and O–H groups in total. The van der Waals surface area contributed by atoms with Gasteiger partial charge >= 0.3 is 0 Å². The summed E-state index contributed by atoms with van der Waals surface area (Å²) in [5.74, 6) is 2.73. The molecule has 29 aromatic rings. The van der Waals surface area contributed by atoms with Gasteiger partial charge in [-0.1, -0.05) is 467 Å². The fourth-order valence-corrected chi connectivity index (χ4v) is 26.4. The van der Waals surface area contributed by atoms with E-state index in [-0.39, 0.29) is 0 Å². The summed E-state index contributed by atoms with van der Waals surface area (Å²) < 4.78 is 8.74. The second-order valence-electron chi connectivity index (χ2n) is 36.7. The fourth-order valence-electron chi connectivity index (χ4n) is 21.6. The molecule has 0 fully saturated rings. The molecule has 29 rings (SSSR count). The number of para-hydroxylation sites is 12. The molecule has 690 valence electrons. The minimum atomic E-state index is -2.72. The zero-order valence-corrected chi connectivity index (χ0v) is 80.8. The quantitative estimate of drug-likeness (QED) is 0.0779. The Labute approximate surface area is 848 Å². The van der Waals surface area contributed by atoms with Gasteiger partial charge in [0, 0.05) is 86.9 Å². The fraction of sp³-hybridized carbons (Fsp3) is 0. The van der Waals surface area contributed by atoms with Crippen molar-refractivity contribution in [1.82, 2.24) is 58.1 Å². The molecule has 0 atom stereocenters. The molecule has 13 heteroatoms. The Kier molecular flexibility index (Phi) is 22.7. The molecule has 8 heterocycles. The van der Waals surface area contributed by atoms with Crippen molar-refractivity contribution in [2.45, 2.75) is 0 Å². The minimum absolute atomic E-state index is 0.671. The minimum Gasteiger partial charge on any atom is -0.278 e. The maximum atomic E-state index is 5.42. The van der Waals surface area contributed by atoms with Crippen LogP contribution in [-0.2, 0) is 0 Å². The summed E-state index contributed by atoms with van der Waals surface area (Å²) in [6.07, 6.45) is 0. The average molecular weight is 1900 g/mol. The number of hydrogen-bond donors (Lipinski definition) is 0. The van der Waals surface area contributed by atoms with E-state index in [1.54, 1.807) is 0 Å². The number of benzene rings is 21. The SMILES string of the molecule is c1ccc(-c2ccc(-c3nc(-n4c5ccccc5c5ccccc54)nc4ccccc34)cc2)cc1.c1ccc(-c2cccc(-c3nc(-n4c5ccccc5c5ccccc54)nc4ccccc34)c2)cc1.c1ccc(-c2nc(-n3c4ccccc4c4ccccc43)nc3ccccc23)cc1.c1ccc([Si](c2ccccc2)(c2ccccc2)c2cccc(-c3nc(-n4c5ccccc5c5ccccc54)nc4ccccc34)c2)cc1. The van der Waals surface area contributed by atoms with E-state index in [9.17, 15) is 0 Å². The van der Waals surface area contributed by atoms with Gasteiger partial charge in [0.15, 0.2) is 8.07 Å². The van der Waals surface area contributed by atoms with E-state index in [1.807, 2.05) is 60.7 Å². The predicted octanol–water partition coefficient (Wildman–Crippen LogP) is 30.3. The maximum Gasteiger partial charge on any atom is 0.235 e. The molecular formula is C134H90N12Si. The topological polar surface area (TPSA) is 123 Å². The van der Waals surface area contributed by atoms with Crippen molar-refractivity contribution in [3.05, 3.63) is 546 Å². The molecule has 21 aromatic carbocycles. The maximum absolute atomic E-state index is 5.42. The zero-order chi connectivity index (χ0) is 97.5. The first-order chi connectivity index (χ1) is 72.9. The summed E-state index contributed by atoms with van der Waals surface area (Å²) in [6.45, 7) is 0. The van der Waals surface area contributed by atoms with Gasteiger partial charge < -0.3 is 0 Å². The van der Waals surface area contributed by atoms with Gasteiger partial charge in [-0.25, -0.2) is 39.9 Å². The van der Waals surface area contributed by atoms with Crippen molar-refractivity contribution >= 4 is 160 Å². The monoisotopic (exact) mass is 1890 g/mol. The van der Waals surface area contributed by atoms with E-state index in [0.29, 0.717) is 23.8 Å². The first-order valence-electron chi connectivity index (χ1n) is 49.6. The Morgan fingerprint density at radius 2 is 0.306 bits per heavy atom. The second kappa shape index (κ2) is 38.1. The molecule has 0 aliphatic rings. The highest BCUT2D eigenvalue weighted by molar-refractivity contribution is 7.20. The van der Waals surface area contributed by atoms with Crippen LogP contribution in [-0.4, -0.2) is 66.2 Å². The Morgan fingerprint density at radius 1 is 0.122 bits per heavy atom. The van der Waals surface area contributed by atoms with Crippen LogP contribution in [0.5, 0.6) is 0 Å². The molecule has 0 saturated heterocycles. The van der Waals surface area contributed by atoms with Gasteiger partial charge in [-0.05, 0) is 122 Å². The van der Waals surface area contributed by atoms with E-state index in [4.69, 9.17) is 39.9 Å². The van der Waals surface area contributed by atoms with E-state index in [1.165, 1.54) is 86.1 Å². The lowest BCUT2D eigenvalue weighted by Gasteiger charge is -2.34. The molecule has 147 heavy (non-hydrogen) atoms. The molecule has 0 unspecified atom stereocenters. The van der Waals surface area contributed by atoms with Crippen molar-refractivity contribution in [3.8, 4) is 91.1 Å². The first kappa shape index (κ1) is 87.6. The highest BCUT2D eigenvalue weighted by atomic mass is 28.3. The number of aromatic nitrogens is 12. The third-order valence-corrected chi connectivity index (χ3v) is 33.0. The van der Waals surface area contributed by atoms with Crippen LogP contribution >= 0.6 is 0 Å². The third-order valence-electron chi connectivity index (χ3n) is 28.2. The van der Waals surface area contributed by atoms with Crippen LogP contribution in [0.1, 0.15) is 0 Å². The van der Waals surface area contributed by atoms with Crippen LogP contribution in [0, 0.1) is 0 Å². The molecule has 12 nitrogen and oxygen atoms in total. The number of rotatable bonds is 14. The Balaban J connectivity index is 0.000000101. The highest BCUT2D eigenvalue weighted by Gasteiger charge is 2.42. The van der Waals surface area contributed by atoms with Gasteiger partial charge in [0.1, 0.15) is 0 Å². The van der Waals surface area contributed by atoms with Gasteiger partial charge in [0.2, 0.25) is 23.8 Å². The largest absolute Gasteiger partial charge is 0.278 e. The van der Waals surface area contributed by atoms with Gasteiger partial charge in [-0.15, -0.1) is 0 Å². The number of fused-ring (bicyclic) bond motifs is 16. The first-order valence-corrected chi connectivity index (χ1v) is 51.6. The summed E-state index contributed by atoms with van der Waals surface area (Å²) >= 11 is 0. The van der Waals surface area contributed by atoms with E-state index < -0.39 is 8.07 Å². The molecule has 0 radical (unpaired) electrons. The van der Waals surface area contributed by atoms with E-state index >= 15 is 0 Å². The van der Waals surface area contributed by atoms with Crippen LogP contribution in [0.4, 0.5) is 0 Å². The summed E-state index contributed by atoms with van der Waals surface area (Å²) in [5, 5.41) is 19.1. The Bertz CT molecular complexity index is 9700. The normalized spacial score (nSPS) is 11.5. The van der Waals surface area contributed by atoms with Crippen molar-refractivity contribution in [2.24, 2.45) is 0 Å². The lowest BCUT2D eigenvalue weighted by molar-refractivity contribution is 1.01. The van der Waals surface area contributed by atoms with Crippen LogP contribution < -0.4 is 20.7 Å². The molecule has 0 amide bonds. The second-order valence-corrected chi connectivity index (χ2v) is 40.5. The summed E-state index contributed by atoms with van der Waals surface area (Å²) in [7, 11) is -2.72. The van der Waals surface area contributed by atoms with Gasteiger partial charge in [-0.3, -0.25) is 18.3 Å². The van der Waals surface area contributed by atoms with E-state index in [0.717, 1.165) is 133 Å². The number of hydrogen-bond acceptors (Lipinski definition) is 8. The lowest BCUT2D eigenvalue weighted by Crippen LogP contribution is -2.74. The summed E-state index contributed by atoms with van der Waals surface area (Å²) in [5.41, 5.74) is 25.4. The van der Waals surface area contributed by atoms with Crippen LogP contribution in [0.15, 0.2) is 546 Å². The Hall–Kier alpha value is -19.6. The lowest BCUT2D eigenvalue weighted by atomic mass is 10.00. The van der Waals surface area contributed by atoms with Crippen LogP contribution in [0.2, 0.25) is 0 Å². The van der Waals surface area contributed by atoms with Crippen molar-refractivity contribution < 1.29 is 0 Å². The molecule has 0 bridgehead atoms. The predicted molar refractivity (Wildman–Crippen MR) is 612 cm³/mol. The molecule has 0 aliphatic heterocycles. The van der Waals surface area contributed by atoms with Crippen molar-refractivity contribution in [2.75, 3.05) is 0 Å². The summed E-state index contributed by atoms with van der Waals surface area (Å²) in [4.78, 5) is 41.0. The summed E-state index contributed by atoms with van der Waals surface area (Å²) in [6, 6.07) is 192. The van der Waals surface area contributed by atoms with Gasteiger partial charge in [0.05, 0.1) is 89.0 Å². The third kappa shape index (κ3) is 15.9. The van der Waals surface area contributed by atoms with Crippen molar-refractivity contribution in [3.63, 3.8) is 0 Å². The van der Waals surface area contributed by atoms with E-state index in [2.05, 4.69) is 504 Å². The highest BCUT2D eigenvalue weighted by Crippen LogP contribution is 2.42. The van der Waals surface area contributed by atoms with Gasteiger partial charge in [0.25, 0.3) is 0 Å². The molecule has 0 spiro atoms. The Morgan fingerprint density at radius 3 is 0.599 bits per heavy atom. The van der Waals surface area contributed by atoms with Gasteiger partial charge in [-0.2, -0.15) is 0 Å². The van der Waals surface area contributed by atoms with Crippen LogP contribution in [0.25, 0.3) is 222 Å². The van der Waals surface area contributed by atoms with Crippen LogP contribution in [0.3, 0.4) is 0 Å².